The summed E-state index contributed by atoms with van der Waals surface area (Å²) in [6.45, 7) is 4.19. The number of benzene rings is 2. The van der Waals surface area contributed by atoms with Gasteiger partial charge in [-0.25, -0.2) is 33.4 Å². The SMILES string of the molecule is COc1cc(F)ccc1-n1ncc2c(N3C[C@@H]4C[C@H]3C(=O)N3CCCO[C@H](C3)Cn3c(C)nc5cc(F)cc(c53)-c3cccc(n3)N4)ncnc21. The number of aromatic nitrogens is 7. The molecule has 260 valence electrons. The van der Waals surface area contributed by atoms with Crippen LogP contribution >= 0.6 is 0 Å². The maximum absolute atomic E-state index is 15.0. The number of methoxy groups -OCH3 is 1. The summed E-state index contributed by atoms with van der Waals surface area (Å²) in [4.78, 5) is 37.5. The van der Waals surface area contributed by atoms with Crippen LogP contribution in [-0.2, 0) is 16.1 Å². The van der Waals surface area contributed by atoms with E-state index in [4.69, 9.17) is 24.4 Å². The highest BCUT2D eigenvalue weighted by Gasteiger charge is 2.42. The summed E-state index contributed by atoms with van der Waals surface area (Å²) in [5.74, 6) is 1.32. The van der Waals surface area contributed by atoms with E-state index in [9.17, 15) is 9.18 Å². The second kappa shape index (κ2) is 12.3. The lowest BCUT2D eigenvalue weighted by molar-refractivity contribution is -0.133. The number of nitrogens with zero attached hydrogens (tertiary/aromatic N) is 9. The molecule has 1 amide bonds. The van der Waals surface area contributed by atoms with E-state index in [-0.39, 0.29) is 18.1 Å². The van der Waals surface area contributed by atoms with Crippen LogP contribution in [0.1, 0.15) is 18.7 Å². The first kappa shape index (κ1) is 31.3. The fourth-order valence-corrected chi connectivity index (χ4v) is 7.74. The molecule has 3 aliphatic heterocycles. The van der Waals surface area contributed by atoms with E-state index in [1.54, 1.807) is 16.9 Å². The summed E-state index contributed by atoms with van der Waals surface area (Å²) in [7, 11) is 1.47. The van der Waals surface area contributed by atoms with E-state index in [0.717, 1.165) is 11.3 Å². The molecule has 9 rings (SSSR count). The van der Waals surface area contributed by atoms with Crippen LogP contribution in [0.15, 0.2) is 61.1 Å². The number of hydrogen-bond acceptors (Lipinski definition) is 10. The molecule has 51 heavy (non-hydrogen) atoms. The number of rotatable bonds is 3. The smallest absolute Gasteiger partial charge is 0.245 e. The van der Waals surface area contributed by atoms with Gasteiger partial charge in [-0.2, -0.15) is 5.10 Å². The molecule has 3 atom stereocenters. The van der Waals surface area contributed by atoms with Gasteiger partial charge in [-0.15, -0.1) is 0 Å². The van der Waals surface area contributed by atoms with E-state index in [1.807, 2.05) is 39.5 Å². The number of halogens is 2. The molecule has 6 bridgehead atoms. The Morgan fingerprint density at radius 1 is 1.02 bits per heavy atom. The molecule has 2 fully saturated rings. The van der Waals surface area contributed by atoms with Crippen LogP contribution in [0.25, 0.3) is 39.0 Å². The molecule has 0 unspecified atom stereocenters. The number of imidazole rings is 1. The fraction of sp³-hybridized carbons (Fsp3) is 0.333. The number of nitrogens with one attached hydrogen (secondary N) is 1. The molecular weight excluding hydrogens is 658 g/mol. The molecular formula is C36H34F2N10O3. The second-order valence-electron chi connectivity index (χ2n) is 13.2. The Labute approximate surface area is 290 Å². The Bertz CT molecular complexity index is 2330. The minimum Gasteiger partial charge on any atom is -0.494 e. The van der Waals surface area contributed by atoms with E-state index in [2.05, 4.69) is 15.4 Å². The lowest BCUT2D eigenvalue weighted by Gasteiger charge is -2.31. The number of carbonyl (C=O) groups is 1. The Kier molecular flexibility index (Phi) is 7.52. The zero-order chi connectivity index (χ0) is 34.8. The molecule has 7 heterocycles. The molecule has 6 aromatic rings. The molecule has 2 aromatic carbocycles. The van der Waals surface area contributed by atoms with Crippen LogP contribution in [0.5, 0.6) is 5.75 Å². The van der Waals surface area contributed by atoms with Gasteiger partial charge in [0.25, 0.3) is 0 Å². The lowest BCUT2D eigenvalue weighted by atomic mass is 10.1. The number of pyridine rings is 1. The quantitative estimate of drug-likeness (QED) is 0.283. The minimum absolute atomic E-state index is 0.0271. The van der Waals surface area contributed by atoms with E-state index in [0.29, 0.717) is 96.5 Å². The zero-order valence-electron chi connectivity index (χ0n) is 28.0. The predicted octanol–water partition coefficient (Wildman–Crippen LogP) is 4.51. The largest absolute Gasteiger partial charge is 0.494 e. The van der Waals surface area contributed by atoms with Crippen LogP contribution in [-0.4, -0.2) is 96.6 Å². The molecule has 0 spiro atoms. The molecule has 2 saturated heterocycles. The topological polar surface area (TPSA) is 128 Å². The summed E-state index contributed by atoms with van der Waals surface area (Å²) >= 11 is 0. The Morgan fingerprint density at radius 2 is 1.92 bits per heavy atom. The van der Waals surface area contributed by atoms with E-state index in [1.165, 1.54) is 37.7 Å². The standard InChI is InChI=1S/C36H34F2N10O3/c1-20-42-28-12-22(38)11-25-27-5-3-6-32(44-27)43-23-14-30(36(49)45-9-4-10-51-24(17-45)18-46(20)33(25)28)47(16-23)34-26-15-41-48(35(26)40-19-39-34)29-8-7-21(37)13-31(29)50-2/h3,5-8,11-13,15,19,23-24,30H,4,9-10,14,16-18H2,1-2H3,(H,43,44)/t23-,24+,30-/m0/s1. The van der Waals surface area contributed by atoms with Crippen molar-refractivity contribution < 1.29 is 23.0 Å². The third-order valence-electron chi connectivity index (χ3n) is 10.00. The highest BCUT2D eigenvalue weighted by molar-refractivity contribution is 5.94. The van der Waals surface area contributed by atoms with Crippen LogP contribution in [0.2, 0.25) is 0 Å². The van der Waals surface area contributed by atoms with Gasteiger partial charge < -0.3 is 29.2 Å². The summed E-state index contributed by atoms with van der Waals surface area (Å²) in [5.41, 5.74) is 3.56. The van der Waals surface area contributed by atoms with Crippen molar-refractivity contribution in [3.05, 3.63) is 78.5 Å². The summed E-state index contributed by atoms with van der Waals surface area (Å²) < 4.78 is 44.5. The number of anilines is 2. The lowest BCUT2D eigenvalue weighted by Crippen LogP contribution is -2.48. The average Bonchev–Trinajstić information content (AvgIpc) is 3.77. The molecule has 13 nitrogen and oxygen atoms in total. The van der Waals surface area contributed by atoms with Gasteiger partial charge in [0.2, 0.25) is 5.91 Å². The van der Waals surface area contributed by atoms with Gasteiger partial charge in [-0.3, -0.25) is 4.79 Å². The van der Waals surface area contributed by atoms with Crippen molar-refractivity contribution in [2.75, 3.05) is 43.6 Å². The normalized spacial score (nSPS) is 20.6. The zero-order valence-corrected chi connectivity index (χ0v) is 28.0. The van der Waals surface area contributed by atoms with Gasteiger partial charge in [0.15, 0.2) is 5.65 Å². The first-order valence-electron chi connectivity index (χ1n) is 16.9. The number of aryl methyl sites for hydroxylation is 1. The van der Waals surface area contributed by atoms with Crippen molar-refractivity contribution in [3.8, 4) is 22.7 Å². The molecule has 15 heteroatoms. The van der Waals surface area contributed by atoms with Gasteiger partial charge >= 0.3 is 0 Å². The Morgan fingerprint density at radius 3 is 2.80 bits per heavy atom. The summed E-state index contributed by atoms with van der Waals surface area (Å²) in [6, 6.07) is 12.0. The van der Waals surface area contributed by atoms with Crippen LogP contribution in [0.4, 0.5) is 20.4 Å². The minimum atomic E-state index is -0.565. The number of hydrogen-bond donors (Lipinski definition) is 1. The Hall–Kier alpha value is -5.70. The maximum atomic E-state index is 15.0. The van der Waals surface area contributed by atoms with Gasteiger partial charge in [-0.1, -0.05) is 6.07 Å². The summed E-state index contributed by atoms with van der Waals surface area (Å²) in [5, 5.41) is 8.79. The average molecular weight is 693 g/mol. The van der Waals surface area contributed by atoms with Crippen LogP contribution in [0, 0.1) is 18.6 Å². The van der Waals surface area contributed by atoms with Crippen LogP contribution in [0.3, 0.4) is 0 Å². The van der Waals surface area contributed by atoms with Crippen molar-refractivity contribution in [2.45, 2.75) is 44.5 Å². The Balaban J connectivity index is 1.15. The van der Waals surface area contributed by atoms with Gasteiger partial charge in [0.1, 0.15) is 52.9 Å². The molecule has 4 aromatic heterocycles. The highest BCUT2D eigenvalue weighted by atomic mass is 19.1. The number of ether oxygens (including phenoxy) is 2. The van der Waals surface area contributed by atoms with E-state index < -0.39 is 17.7 Å². The van der Waals surface area contributed by atoms with Crippen molar-refractivity contribution in [1.29, 1.82) is 0 Å². The monoisotopic (exact) mass is 692 g/mol. The van der Waals surface area contributed by atoms with Gasteiger partial charge in [0.05, 0.1) is 48.1 Å². The molecule has 3 aliphatic rings. The highest BCUT2D eigenvalue weighted by Crippen LogP contribution is 2.36. The van der Waals surface area contributed by atoms with Crippen molar-refractivity contribution in [1.82, 2.24) is 39.2 Å². The first-order chi connectivity index (χ1) is 24.8. The summed E-state index contributed by atoms with van der Waals surface area (Å²) in [6.07, 6.45) is 3.95. The number of carbonyl (C=O) groups excluding carboxylic acids is 1. The first-order valence-corrected chi connectivity index (χ1v) is 16.9. The molecule has 1 N–H and O–H groups in total. The third kappa shape index (κ3) is 5.39. The molecule has 0 saturated carbocycles. The molecule has 0 radical (unpaired) electrons. The number of amides is 1. The van der Waals surface area contributed by atoms with Crippen molar-refractivity contribution in [2.24, 2.45) is 0 Å². The van der Waals surface area contributed by atoms with Crippen LogP contribution < -0.4 is 15.0 Å². The second-order valence-corrected chi connectivity index (χ2v) is 13.2. The van der Waals surface area contributed by atoms with Gasteiger partial charge in [-0.05, 0) is 50.1 Å². The number of fused-ring (bicyclic) bond motifs is 8. The third-order valence-corrected chi connectivity index (χ3v) is 10.00. The van der Waals surface area contributed by atoms with Gasteiger partial charge in [0, 0.05) is 50.0 Å². The predicted molar refractivity (Wildman–Crippen MR) is 185 cm³/mol. The molecule has 0 aliphatic carbocycles. The van der Waals surface area contributed by atoms with E-state index >= 15 is 4.39 Å². The van der Waals surface area contributed by atoms with Crippen molar-refractivity contribution in [3.63, 3.8) is 0 Å². The maximum Gasteiger partial charge on any atom is 0.245 e. The van der Waals surface area contributed by atoms with Crippen molar-refractivity contribution >= 4 is 39.6 Å². The fourth-order valence-electron chi connectivity index (χ4n) is 7.74.